The van der Waals surface area contributed by atoms with Crippen LogP contribution in [0.25, 0.3) is 0 Å². The van der Waals surface area contributed by atoms with E-state index in [1.165, 1.54) is 6.11 Å². The second-order valence-electron chi connectivity index (χ2n) is 1.94. The van der Waals surface area contributed by atoms with Crippen LogP contribution in [0.2, 0.25) is 0 Å². The summed E-state index contributed by atoms with van der Waals surface area (Å²) >= 11 is 0. The first-order valence-corrected chi connectivity index (χ1v) is 3.25. The number of carbonyl (C=O) groups is 1. The standard InChI is InChI=1S/C9H6O3/c10-7-6-9(11)12-8-4-2-1-3-5-8/h1-5,10H. The summed E-state index contributed by atoms with van der Waals surface area (Å²) in [6.07, 6.45) is 1.46. The maximum Gasteiger partial charge on any atom is 0.393 e. The Morgan fingerprint density at radius 2 is 2.00 bits per heavy atom. The minimum Gasteiger partial charge on any atom is -0.462 e. The maximum absolute atomic E-state index is 10.7. The first-order valence-electron chi connectivity index (χ1n) is 3.25. The lowest BCUT2D eigenvalue weighted by Gasteiger charge is -1.96. The van der Waals surface area contributed by atoms with Gasteiger partial charge in [0, 0.05) is 0 Å². The maximum atomic E-state index is 10.7. The number of ether oxygens (including phenoxy) is 1. The van der Waals surface area contributed by atoms with E-state index < -0.39 is 5.97 Å². The van der Waals surface area contributed by atoms with Gasteiger partial charge in [0.05, 0.1) is 5.92 Å². The van der Waals surface area contributed by atoms with Crippen molar-refractivity contribution >= 4 is 5.97 Å². The van der Waals surface area contributed by atoms with Gasteiger partial charge in [-0.3, -0.25) is 0 Å². The molecular weight excluding hydrogens is 156 g/mol. The molecule has 1 aromatic rings. The van der Waals surface area contributed by atoms with Gasteiger partial charge in [-0.25, -0.2) is 4.79 Å². The average Bonchev–Trinajstić information content (AvgIpc) is 2.06. The highest BCUT2D eigenvalue weighted by atomic mass is 16.5. The molecule has 1 aromatic carbocycles. The van der Waals surface area contributed by atoms with Crippen LogP contribution < -0.4 is 4.74 Å². The fourth-order valence-corrected chi connectivity index (χ4v) is 0.667. The summed E-state index contributed by atoms with van der Waals surface area (Å²) < 4.78 is 4.68. The third-order valence-corrected chi connectivity index (χ3v) is 1.11. The molecule has 0 aliphatic rings. The molecule has 3 heteroatoms. The molecule has 0 bridgehead atoms. The zero-order valence-electron chi connectivity index (χ0n) is 6.15. The Hall–Kier alpha value is -1.95. The van der Waals surface area contributed by atoms with E-state index in [1.54, 1.807) is 30.3 Å². The first kappa shape index (κ1) is 8.15. The lowest BCUT2D eigenvalue weighted by atomic mass is 10.3. The molecule has 0 radical (unpaired) electrons. The summed E-state index contributed by atoms with van der Waals surface area (Å²) in [5.74, 6) is 1.47. The van der Waals surface area contributed by atoms with E-state index in [1.807, 2.05) is 5.92 Å². The zero-order chi connectivity index (χ0) is 8.81. The van der Waals surface area contributed by atoms with Crippen LogP contribution in [0.5, 0.6) is 5.75 Å². The number of esters is 1. The number of rotatable bonds is 1. The van der Waals surface area contributed by atoms with E-state index in [9.17, 15) is 4.79 Å². The molecule has 0 aliphatic carbocycles. The number of para-hydroxylation sites is 1. The third-order valence-electron chi connectivity index (χ3n) is 1.11. The van der Waals surface area contributed by atoms with Crippen molar-refractivity contribution in [2.24, 2.45) is 0 Å². The number of hydrogen-bond donors (Lipinski definition) is 1. The van der Waals surface area contributed by atoms with Gasteiger partial charge in [0.1, 0.15) is 11.9 Å². The van der Waals surface area contributed by atoms with E-state index in [0.29, 0.717) is 5.75 Å². The summed E-state index contributed by atoms with van der Waals surface area (Å²) in [7, 11) is 0. The van der Waals surface area contributed by atoms with Gasteiger partial charge in [0.25, 0.3) is 0 Å². The molecule has 0 heterocycles. The Kier molecular flexibility index (Phi) is 2.74. The Bertz CT molecular complexity index is 319. The Balaban J connectivity index is 2.63. The summed E-state index contributed by atoms with van der Waals surface area (Å²) in [5.41, 5.74) is 0. The van der Waals surface area contributed by atoms with Crippen molar-refractivity contribution in [1.82, 2.24) is 0 Å². The van der Waals surface area contributed by atoms with Crippen LogP contribution in [-0.4, -0.2) is 11.1 Å². The normalized spacial score (nSPS) is 8.00. The smallest absolute Gasteiger partial charge is 0.393 e. The van der Waals surface area contributed by atoms with Crippen LogP contribution in [0.3, 0.4) is 0 Å². The lowest BCUT2D eigenvalue weighted by molar-refractivity contribution is -0.128. The van der Waals surface area contributed by atoms with Gasteiger partial charge in [0.15, 0.2) is 0 Å². The minimum atomic E-state index is -0.774. The highest BCUT2D eigenvalue weighted by Gasteiger charge is 1.97. The highest BCUT2D eigenvalue weighted by Crippen LogP contribution is 2.07. The summed E-state index contributed by atoms with van der Waals surface area (Å²) in [4.78, 5) is 10.7. The van der Waals surface area contributed by atoms with Crippen LogP contribution in [0.4, 0.5) is 0 Å². The Morgan fingerprint density at radius 3 is 2.58 bits per heavy atom. The van der Waals surface area contributed by atoms with Crippen molar-refractivity contribution in [3.05, 3.63) is 30.3 Å². The molecule has 0 atom stereocenters. The van der Waals surface area contributed by atoms with Gasteiger partial charge < -0.3 is 9.84 Å². The highest BCUT2D eigenvalue weighted by molar-refractivity contribution is 5.89. The number of carbonyl (C=O) groups excluding carboxylic acids is 1. The van der Waals surface area contributed by atoms with E-state index in [4.69, 9.17) is 5.11 Å². The molecule has 0 aromatic heterocycles. The summed E-state index contributed by atoms with van der Waals surface area (Å²) in [5, 5.41) is 8.05. The second kappa shape index (κ2) is 4.04. The average molecular weight is 162 g/mol. The largest absolute Gasteiger partial charge is 0.462 e. The predicted molar refractivity (Wildman–Crippen MR) is 41.8 cm³/mol. The van der Waals surface area contributed by atoms with Crippen molar-refractivity contribution in [3.8, 4) is 17.8 Å². The fourth-order valence-electron chi connectivity index (χ4n) is 0.667. The lowest BCUT2D eigenvalue weighted by Crippen LogP contribution is -2.03. The molecular formula is C9H6O3. The molecule has 12 heavy (non-hydrogen) atoms. The molecule has 1 N–H and O–H groups in total. The monoisotopic (exact) mass is 162 g/mol. The van der Waals surface area contributed by atoms with E-state index in [0.717, 1.165) is 0 Å². The molecule has 60 valence electrons. The van der Waals surface area contributed by atoms with Gasteiger partial charge in [-0.2, -0.15) is 0 Å². The summed E-state index contributed by atoms with van der Waals surface area (Å²) in [6.45, 7) is 0. The molecule has 0 saturated carbocycles. The van der Waals surface area contributed by atoms with Gasteiger partial charge in [0.2, 0.25) is 0 Å². The number of aliphatic hydroxyl groups is 1. The van der Waals surface area contributed by atoms with E-state index >= 15 is 0 Å². The SMILES string of the molecule is O=C(C#CO)Oc1ccccc1. The number of hydrogen-bond acceptors (Lipinski definition) is 3. The van der Waals surface area contributed by atoms with Gasteiger partial charge >= 0.3 is 5.97 Å². The molecule has 0 unspecified atom stereocenters. The minimum absolute atomic E-state index is 0.408. The van der Waals surface area contributed by atoms with Crippen molar-refractivity contribution in [1.29, 1.82) is 0 Å². The first-order chi connectivity index (χ1) is 5.83. The van der Waals surface area contributed by atoms with Crippen molar-refractivity contribution < 1.29 is 14.6 Å². The van der Waals surface area contributed by atoms with Crippen LogP contribution >= 0.6 is 0 Å². The zero-order valence-corrected chi connectivity index (χ0v) is 6.15. The molecule has 0 spiro atoms. The van der Waals surface area contributed by atoms with Crippen LogP contribution in [0.1, 0.15) is 0 Å². The molecule has 0 aliphatic heterocycles. The molecule has 1 rings (SSSR count). The molecule has 0 amide bonds. The molecule has 0 fully saturated rings. The van der Waals surface area contributed by atoms with E-state index in [-0.39, 0.29) is 0 Å². The van der Waals surface area contributed by atoms with Gasteiger partial charge in [-0.05, 0) is 12.1 Å². The predicted octanol–water partition coefficient (Wildman–Crippen LogP) is 0.925. The number of aliphatic hydroxyl groups excluding tert-OH is 1. The van der Waals surface area contributed by atoms with Crippen LogP contribution in [0, 0.1) is 12.0 Å². The molecule has 3 nitrogen and oxygen atoms in total. The number of benzene rings is 1. The van der Waals surface area contributed by atoms with Crippen molar-refractivity contribution in [3.63, 3.8) is 0 Å². The Labute approximate surface area is 69.6 Å². The third kappa shape index (κ3) is 2.35. The van der Waals surface area contributed by atoms with Crippen molar-refractivity contribution in [2.45, 2.75) is 0 Å². The second-order valence-corrected chi connectivity index (χ2v) is 1.94. The van der Waals surface area contributed by atoms with Crippen LogP contribution in [-0.2, 0) is 4.79 Å². The van der Waals surface area contributed by atoms with E-state index in [2.05, 4.69) is 4.74 Å². The Morgan fingerprint density at radius 1 is 1.33 bits per heavy atom. The molecule has 0 saturated heterocycles. The quantitative estimate of drug-likeness (QED) is 0.379. The van der Waals surface area contributed by atoms with Gasteiger partial charge in [-0.15, -0.1) is 0 Å². The van der Waals surface area contributed by atoms with Gasteiger partial charge in [-0.1, -0.05) is 18.2 Å². The van der Waals surface area contributed by atoms with Crippen molar-refractivity contribution in [2.75, 3.05) is 0 Å². The van der Waals surface area contributed by atoms with Crippen LogP contribution in [0.15, 0.2) is 30.3 Å². The topological polar surface area (TPSA) is 46.5 Å². The summed E-state index contributed by atoms with van der Waals surface area (Å²) in [6, 6.07) is 8.51. The fraction of sp³-hybridized carbons (Fsp3) is 0.